The van der Waals surface area contributed by atoms with Gasteiger partial charge in [-0.1, -0.05) is 38.1 Å². The minimum Gasteiger partial charge on any atom is -0.497 e. The Labute approximate surface area is 263 Å². The molecule has 0 atom stereocenters. The van der Waals surface area contributed by atoms with Gasteiger partial charge in [0.05, 0.1) is 57.0 Å². The topological polar surface area (TPSA) is 104 Å². The normalized spacial score (nSPS) is 11.3. The van der Waals surface area contributed by atoms with E-state index in [2.05, 4.69) is 46.0 Å². The SMILES string of the molecule is COC(=O)/C=C/c1ccc(Cn2cc(-c3cnc4ccc(N(CCNC(C)C)c5cc(OC)cc(OC)c5)cc4n3)cn2)cc1. The minimum absolute atomic E-state index is 0.368. The molecule has 0 aliphatic rings. The van der Waals surface area contributed by atoms with Crippen molar-refractivity contribution in [2.24, 2.45) is 0 Å². The molecule has 5 aromatic rings. The van der Waals surface area contributed by atoms with Gasteiger partial charge in [-0.15, -0.1) is 0 Å². The number of hydrogen-bond acceptors (Lipinski definition) is 9. The van der Waals surface area contributed by atoms with E-state index >= 15 is 0 Å². The fourth-order valence-electron chi connectivity index (χ4n) is 4.86. The number of aromatic nitrogens is 4. The van der Waals surface area contributed by atoms with E-state index in [1.807, 2.05) is 59.4 Å². The average molecular weight is 607 g/mol. The molecule has 5 rings (SSSR count). The molecular formula is C35H38N6O4. The van der Waals surface area contributed by atoms with Crippen molar-refractivity contribution >= 4 is 34.5 Å². The summed E-state index contributed by atoms with van der Waals surface area (Å²) in [5.41, 5.74) is 7.13. The molecule has 0 bridgehead atoms. The van der Waals surface area contributed by atoms with Gasteiger partial charge in [0.1, 0.15) is 11.5 Å². The van der Waals surface area contributed by atoms with Crippen LogP contribution in [0.4, 0.5) is 11.4 Å². The first-order valence-electron chi connectivity index (χ1n) is 14.7. The third-order valence-corrected chi connectivity index (χ3v) is 7.24. The Bertz CT molecular complexity index is 1760. The van der Waals surface area contributed by atoms with E-state index in [4.69, 9.17) is 19.4 Å². The molecule has 45 heavy (non-hydrogen) atoms. The van der Waals surface area contributed by atoms with Crippen LogP contribution >= 0.6 is 0 Å². The van der Waals surface area contributed by atoms with Gasteiger partial charge in [0.25, 0.3) is 0 Å². The largest absolute Gasteiger partial charge is 0.497 e. The number of nitrogens with zero attached hydrogens (tertiary/aromatic N) is 5. The van der Waals surface area contributed by atoms with Crippen LogP contribution in [-0.2, 0) is 16.1 Å². The van der Waals surface area contributed by atoms with Crippen LogP contribution in [0.15, 0.2) is 85.3 Å². The standard InChI is InChI=1S/C35H38N6O4/c1-24(2)36-14-15-41(29-16-30(43-3)19-31(17-29)44-4)28-11-12-32-33(18-28)39-34(21-37-32)27-20-38-40(23-27)22-26-8-6-25(7-9-26)10-13-35(42)45-5/h6-13,16-21,23-24,36H,14-15,22H2,1-5H3/b13-10+. The third kappa shape index (κ3) is 8.04. The first-order valence-corrected chi connectivity index (χ1v) is 14.7. The summed E-state index contributed by atoms with van der Waals surface area (Å²) in [6.45, 7) is 6.37. The molecule has 0 amide bonds. The highest BCUT2D eigenvalue weighted by Crippen LogP contribution is 2.34. The lowest BCUT2D eigenvalue weighted by molar-refractivity contribution is -0.134. The van der Waals surface area contributed by atoms with Gasteiger partial charge in [0.2, 0.25) is 0 Å². The molecule has 10 nitrogen and oxygen atoms in total. The van der Waals surface area contributed by atoms with E-state index < -0.39 is 0 Å². The van der Waals surface area contributed by atoms with Crippen molar-refractivity contribution in [3.05, 3.63) is 96.5 Å². The van der Waals surface area contributed by atoms with Gasteiger partial charge < -0.3 is 24.4 Å². The number of rotatable bonds is 13. The Kier molecular flexibility index (Phi) is 10.1. The van der Waals surface area contributed by atoms with Gasteiger partial charge in [-0.05, 0) is 35.4 Å². The molecule has 2 heterocycles. The first-order chi connectivity index (χ1) is 21.8. The van der Waals surface area contributed by atoms with E-state index in [1.165, 1.54) is 13.2 Å². The summed E-state index contributed by atoms with van der Waals surface area (Å²) in [5.74, 6) is 1.06. The fourth-order valence-corrected chi connectivity index (χ4v) is 4.86. The summed E-state index contributed by atoms with van der Waals surface area (Å²) in [4.78, 5) is 23.3. The maximum Gasteiger partial charge on any atom is 0.330 e. The van der Waals surface area contributed by atoms with E-state index in [1.54, 1.807) is 32.7 Å². The summed E-state index contributed by atoms with van der Waals surface area (Å²) in [6, 6.07) is 20.3. The van der Waals surface area contributed by atoms with E-state index in [-0.39, 0.29) is 5.97 Å². The molecule has 2 aromatic heterocycles. The Balaban J connectivity index is 1.39. The van der Waals surface area contributed by atoms with Crippen LogP contribution in [-0.4, -0.2) is 66.2 Å². The second kappa shape index (κ2) is 14.5. The lowest BCUT2D eigenvalue weighted by Gasteiger charge is -2.27. The molecule has 0 unspecified atom stereocenters. The van der Waals surface area contributed by atoms with Gasteiger partial charge in [-0.3, -0.25) is 9.67 Å². The van der Waals surface area contributed by atoms with Gasteiger partial charge in [0.15, 0.2) is 0 Å². The molecule has 0 fully saturated rings. The van der Waals surface area contributed by atoms with E-state index in [9.17, 15) is 4.79 Å². The third-order valence-electron chi connectivity index (χ3n) is 7.24. The van der Waals surface area contributed by atoms with Crippen molar-refractivity contribution in [3.63, 3.8) is 0 Å². The van der Waals surface area contributed by atoms with Crippen LogP contribution in [0.25, 0.3) is 28.4 Å². The van der Waals surface area contributed by atoms with Gasteiger partial charge in [0, 0.05) is 66.5 Å². The minimum atomic E-state index is -0.384. The number of hydrogen-bond donors (Lipinski definition) is 1. The highest BCUT2D eigenvalue weighted by atomic mass is 16.5. The number of carbonyl (C=O) groups excluding carboxylic acids is 1. The Hall–Kier alpha value is -5.22. The molecule has 10 heteroatoms. The van der Waals surface area contributed by atoms with Gasteiger partial charge in [-0.2, -0.15) is 5.10 Å². The van der Waals surface area contributed by atoms with E-state index in [0.717, 1.165) is 69.4 Å². The van der Waals surface area contributed by atoms with Crippen LogP contribution in [0, 0.1) is 0 Å². The fraction of sp³-hybridized carbons (Fsp3) is 0.257. The maximum absolute atomic E-state index is 11.3. The van der Waals surface area contributed by atoms with Crippen LogP contribution < -0.4 is 19.7 Å². The summed E-state index contributed by atoms with van der Waals surface area (Å²) >= 11 is 0. The van der Waals surface area contributed by atoms with Crippen LogP contribution in [0.1, 0.15) is 25.0 Å². The predicted octanol–water partition coefficient (Wildman–Crippen LogP) is 5.88. The molecular weight excluding hydrogens is 568 g/mol. The summed E-state index contributed by atoms with van der Waals surface area (Å²) < 4.78 is 17.6. The summed E-state index contributed by atoms with van der Waals surface area (Å²) in [5, 5.41) is 8.08. The quantitative estimate of drug-likeness (QED) is 0.130. The Morgan fingerprint density at radius 2 is 1.69 bits per heavy atom. The second-order valence-electron chi connectivity index (χ2n) is 10.8. The molecule has 0 radical (unpaired) electrons. The molecule has 3 aromatic carbocycles. The lowest BCUT2D eigenvalue weighted by Crippen LogP contribution is -2.32. The lowest BCUT2D eigenvalue weighted by atomic mass is 10.1. The molecule has 0 aliphatic heterocycles. The maximum atomic E-state index is 11.3. The van der Waals surface area contributed by atoms with Crippen molar-refractivity contribution in [2.75, 3.05) is 39.3 Å². The predicted molar refractivity (Wildman–Crippen MR) is 177 cm³/mol. The van der Waals surface area contributed by atoms with Gasteiger partial charge >= 0.3 is 5.97 Å². The highest BCUT2D eigenvalue weighted by molar-refractivity contribution is 5.87. The van der Waals surface area contributed by atoms with E-state index in [0.29, 0.717) is 12.6 Å². The van der Waals surface area contributed by atoms with Crippen molar-refractivity contribution in [2.45, 2.75) is 26.4 Å². The molecule has 232 valence electrons. The number of methoxy groups -OCH3 is 3. The first kappa shape index (κ1) is 31.2. The average Bonchev–Trinajstić information content (AvgIpc) is 3.53. The number of esters is 1. The zero-order valence-electron chi connectivity index (χ0n) is 26.2. The molecule has 0 aliphatic carbocycles. The number of anilines is 2. The van der Waals surface area contributed by atoms with Crippen molar-refractivity contribution in [1.29, 1.82) is 0 Å². The number of carbonyl (C=O) groups is 1. The summed E-state index contributed by atoms with van der Waals surface area (Å²) in [6.07, 6.45) is 8.68. The number of nitrogens with one attached hydrogen (secondary N) is 1. The van der Waals surface area contributed by atoms with Gasteiger partial charge in [-0.25, -0.2) is 9.78 Å². The number of benzene rings is 3. The zero-order chi connectivity index (χ0) is 31.8. The Morgan fingerprint density at radius 3 is 2.38 bits per heavy atom. The summed E-state index contributed by atoms with van der Waals surface area (Å²) in [7, 11) is 4.67. The number of fused-ring (bicyclic) bond motifs is 1. The van der Waals surface area contributed by atoms with Crippen molar-refractivity contribution in [1.82, 2.24) is 25.1 Å². The molecule has 1 N–H and O–H groups in total. The molecule has 0 spiro atoms. The smallest absolute Gasteiger partial charge is 0.330 e. The molecule has 0 saturated heterocycles. The zero-order valence-corrected chi connectivity index (χ0v) is 26.2. The number of ether oxygens (including phenoxy) is 3. The van der Waals surface area contributed by atoms with Crippen LogP contribution in [0.2, 0.25) is 0 Å². The highest BCUT2D eigenvalue weighted by Gasteiger charge is 2.15. The van der Waals surface area contributed by atoms with Crippen molar-refractivity contribution in [3.8, 4) is 22.8 Å². The molecule has 0 saturated carbocycles. The van der Waals surface area contributed by atoms with Crippen molar-refractivity contribution < 1.29 is 19.0 Å². The Morgan fingerprint density at radius 1 is 0.933 bits per heavy atom. The monoisotopic (exact) mass is 606 g/mol. The van der Waals surface area contributed by atoms with Crippen LogP contribution in [0.5, 0.6) is 11.5 Å². The second-order valence-corrected chi connectivity index (χ2v) is 10.8. The van der Waals surface area contributed by atoms with Crippen LogP contribution in [0.3, 0.4) is 0 Å².